The van der Waals surface area contributed by atoms with Gasteiger partial charge in [0.05, 0.1) is 1.37 Å². The first kappa shape index (κ1) is 7.34. The summed E-state index contributed by atoms with van der Waals surface area (Å²) in [6, 6.07) is -0.705. The predicted molar refractivity (Wildman–Crippen MR) is 42.6 cm³/mol. The molecular weight excluding hydrogens is 158 g/mol. The lowest BCUT2D eigenvalue weighted by atomic mass is 10.2. The molecule has 0 spiro atoms. The van der Waals surface area contributed by atoms with Crippen LogP contribution in [-0.4, -0.2) is 34.5 Å². The molecule has 1 N–H and O–H groups in total. The highest BCUT2D eigenvalue weighted by Gasteiger charge is 2.32. The van der Waals surface area contributed by atoms with E-state index in [1.165, 1.54) is 4.90 Å². The third-order valence-corrected chi connectivity index (χ3v) is 1.96. The Morgan fingerprint density at radius 2 is 2.50 bits per heavy atom. The number of amides is 1. The van der Waals surface area contributed by atoms with Crippen LogP contribution in [0.1, 0.15) is 14.2 Å². The number of nitrogens with zero attached hydrogens (tertiary/aromatic N) is 1. The van der Waals surface area contributed by atoms with Crippen LogP contribution in [0.25, 0.3) is 0 Å². The summed E-state index contributed by atoms with van der Waals surface area (Å²) in [6.07, 6.45) is 2.29. The molecule has 1 aliphatic heterocycles. The normalized spacial score (nSPS) is 24.5. The summed E-state index contributed by atoms with van der Waals surface area (Å²) in [7, 11) is 0. The topological polar surface area (TPSA) is 57.6 Å². The van der Waals surface area contributed by atoms with Crippen molar-refractivity contribution in [2.45, 2.75) is 18.9 Å². The molecule has 66 valence electrons. The Morgan fingerprint density at radius 3 is 3.08 bits per heavy atom. The summed E-state index contributed by atoms with van der Waals surface area (Å²) in [4.78, 5) is 23.2. The molecule has 0 aliphatic carbocycles. The van der Waals surface area contributed by atoms with Gasteiger partial charge in [-0.2, -0.15) is 0 Å². The molecule has 1 aliphatic rings. The minimum atomic E-state index is -0.968. The molecule has 12 heavy (non-hydrogen) atoms. The Balaban J connectivity index is 2.68. The van der Waals surface area contributed by atoms with Crippen molar-refractivity contribution >= 4 is 11.9 Å². The Morgan fingerprint density at radius 1 is 1.75 bits per heavy atom. The van der Waals surface area contributed by atoms with Crippen LogP contribution in [0, 0.1) is 0 Å². The van der Waals surface area contributed by atoms with E-state index in [0.29, 0.717) is 19.4 Å². The van der Waals surface area contributed by atoms with Gasteiger partial charge in [0.2, 0.25) is 5.91 Å². The van der Waals surface area contributed by atoms with Crippen molar-refractivity contribution in [2.24, 2.45) is 0 Å². The molecule has 0 aromatic heterocycles. The molecule has 1 heterocycles. The lowest BCUT2D eigenvalue weighted by Crippen LogP contribution is -2.39. The predicted octanol–water partition coefficient (Wildman–Crippen LogP) is 0.248. The fraction of sp³-hybridized carbons (Fsp3) is 0.500. The number of hydrogen-bond donors (Lipinski definition) is 1. The molecule has 0 saturated carbocycles. The van der Waals surface area contributed by atoms with Gasteiger partial charge in [0.15, 0.2) is 0 Å². The number of carboxylic acid groups (broad SMARTS) is 1. The number of likely N-dealkylation sites (tertiary alicyclic amines) is 1. The molecule has 0 bridgehead atoms. The van der Waals surface area contributed by atoms with Gasteiger partial charge in [-0.1, -0.05) is 6.55 Å². The maximum atomic E-state index is 11.2. The molecule has 0 radical (unpaired) electrons. The summed E-state index contributed by atoms with van der Waals surface area (Å²) in [5, 5.41) is 8.74. The highest BCUT2D eigenvalue weighted by Crippen LogP contribution is 2.17. The zero-order chi connectivity index (χ0) is 9.84. The molecule has 1 fully saturated rings. The number of carbonyl (C=O) groups is 2. The average Bonchev–Trinajstić information content (AvgIpc) is 2.52. The van der Waals surface area contributed by atoms with Gasteiger partial charge in [-0.3, -0.25) is 4.79 Å². The SMILES string of the molecule is [2H]C=CC(=O)N1CCC[C@H]1C(=O)O. The van der Waals surface area contributed by atoms with Crippen LogP contribution < -0.4 is 0 Å². The second-order valence-corrected chi connectivity index (χ2v) is 2.69. The fourth-order valence-corrected chi connectivity index (χ4v) is 1.38. The summed E-state index contributed by atoms with van der Waals surface area (Å²) in [5.74, 6) is -1.36. The van der Waals surface area contributed by atoms with E-state index in [-0.39, 0.29) is 5.91 Å². The Kier molecular flexibility index (Phi) is 2.07. The fourth-order valence-electron chi connectivity index (χ4n) is 1.38. The minimum Gasteiger partial charge on any atom is -0.480 e. The summed E-state index contributed by atoms with van der Waals surface area (Å²) < 4.78 is 6.69. The quantitative estimate of drug-likeness (QED) is 0.604. The maximum Gasteiger partial charge on any atom is 0.326 e. The van der Waals surface area contributed by atoms with Crippen LogP contribution in [-0.2, 0) is 9.59 Å². The van der Waals surface area contributed by atoms with Crippen LogP contribution >= 0.6 is 0 Å². The highest BCUT2D eigenvalue weighted by atomic mass is 16.4. The molecule has 0 unspecified atom stereocenters. The van der Waals surface area contributed by atoms with Crippen LogP contribution in [0.15, 0.2) is 12.6 Å². The smallest absolute Gasteiger partial charge is 0.326 e. The van der Waals surface area contributed by atoms with Gasteiger partial charge in [0.25, 0.3) is 0 Å². The van der Waals surface area contributed by atoms with Crippen LogP contribution in [0.2, 0.25) is 0 Å². The number of rotatable bonds is 2. The van der Waals surface area contributed by atoms with Crippen molar-refractivity contribution in [1.29, 1.82) is 0 Å². The van der Waals surface area contributed by atoms with E-state index >= 15 is 0 Å². The van der Waals surface area contributed by atoms with E-state index in [9.17, 15) is 9.59 Å². The molecule has 0 aromatic carbocycles. The van der Waals surface area contributed by atoms with E-state index in [2.05, 4.69) is 0 Å². The lowest BCUT2D eigenvalue weighted by molar-refractivity contribution is -0.146. The van der Waals surface area contributed by atoms with Gasteiger partial charge in [-0.25, -0.2) is 4.79 Å². The zero-order valence-corrected chi connectivity index (χ0v) is 6.56. The van der Waals surface area contributed by atoms with Gasteiger partial charge in [-0.15, -0.1) is 0 Å². The standard InChI is InChI=1S/C8H11NO3/c1-2-7(10)9-5-3-4-6(9)8(11)12/h2,6H,1,3-5H2,(H,11,12)/t6-/m0/s1/i1D. The largest absolute Gasteiger partial charge is 0.480 e. The molecule has 4 heteroatoms. The number of carbonyl (C=O) groups excluding carboxylic acids is 1. The summed E-state index contributed by atoms with van der Waals surface area (Å²) >= 11 is 0. The van der Waals surface area contributed by atoms with Crippen molar-refractivity contribution in [3.8, 4) is 0 Å². The van der Waals surface area contributed by atoms with Gasteiger partial charge in [-0.05, 0) is 18.9 Å². The van der Waals surface area contributed by atoms with Gasteiger partial charge in [0, 0.05) is 6.54 Å². The number of carboxylic acids is 1. The molecule has 1 rings (SSSR count). The number of aliphatic carboxylic acids is 1. The van der Waals surface area contributed by atoms with Gasteiger partial charge >= 0.3 is 5.97 Å². The lowest BCUT2D eigenvalue weighted by Gasteiger charge is -2.18. The van der Waals surface area contributed by atoms with Crippen molar-refractivity contribution in [3.63, 3.8) is 0 Å². The molecule has 0 aromatic rings. The van der Waals surface area contributed by atoms with Crippen molar-refractivity contribution in [2.75, 3.05) is 6.54 Å². The van der Waals surface area contributed by atoms with Crippen LogP contribution in [0.3, 0.4) is 0 Å². The van der Waals surface area contributed by atoms with Crippen LogP contribution in [0.4, 0.5) is 0 Å². The third kappa shape index (κ3) is 1.47. The van der Waals surface area contributed by atoms with E-state index in [0.717, 1.165) is 12.6 Å². The average molecular weight is 170 g/mol. The summed E-state index contributed by atoms with van der Waals surface area (Å²) in [6.45, 7) is 1.35. The number of hydrogen-bond acceptors (Lipinski definition) is 2. The molecule has 1 saturated heterocycles. The molecule has 1 amide bonds. The van der Waals surface area contributed by atoms with E-state index in [4.69, 9.17) is 6.48 Å². The summed E-state index contributed by atoms with van der Waals surface area (Å²) in [5.41, 5.74) is 0. The molecular formula is C8H11NO3. The van der Waals surface area contributed by atoms with Crippen molar-refractivity contribution in [3.05, 3.63) is 12.6 Å². The Hall–Kier alpha value is -1.32. The first-order valence-corrected chi connectivity index (χ1v) is 3.75. The third-order valence-electron chi connectivity index (χ3n) is 1.96. The van der Waals surface area contributed by atoms with Gasteiger partial charge in [0.1, 0.15) is 6.04 Å². The molecule has 4 nitrogen and oxygen atoms in total. The second-order valence-electron chi connectivity index (χ2n) is 2.69. The van der Waals surface area contributed by atoms with Crippen molar-refractivity contribution < 1.29 is 16.1 Å². The maximum absolute atomic E-state index is 11.2. The highest BCUT2D eigenvalue weighted by molar-refractivity contribution is 5.91. The zero-order valence-electron chi connectivity index (χ0n) is 7.56. The second kappa shape index (κ2) is 3.38. The van der Waals surface area contributed by atoms with Gasteiger partial charge < -0.3 is 10.0 Å². The van der Waals surface area contributed by atoms with E-state index in [1.54, 1.807) is 0 Å². The first-order valence-electron chi connectivity index (χ1n) is 4.33. The van der Waals surface area contributed by atoms with E-state index < -0.39 is 12.0 Å². The minimum absolute atomic E-state index is 0.389. The first-order chi connectivity index (χ1) is 6.16. The Bertz CT molecular complexity index is 252. The van der Waals surface area contributed by atoms with E-state index in [1.807, 2.05) is 0 Å². The van der Waals surface area contributed by atoms with Crippen LogP contribution in [0.5, 0.6) is 0 Å². The van der Waals surface area contributed by atoms with Crippen molar-refractivity contribution in [1.82, 2.24) is 4.90 Å². The monoisotopic (exact) mass is 170 g/mol. The Labute approximate surface area is 71.9 Å². The molecule has 1 atom stereocenters.